The third-order valence-corrected chi connectivity index (χ3v) is 2.76. The van der Waals surface area contributed by atoms with Gasteiger partial charge in [-0.1, -0.05) is 0 Å². The van der Waals surface area contributed by atoms with Gasteiger partial charge in [-0.3, -0.25) is 9.46 Å². The van der Waals surface area contributed by atoms with Crippen LogP contribution in [0.3, 0.4) is 0 Å². The van der Waals surface area contributed by atoms with Crippen LogP contribution in [-0.2, 0) is 16.6 Å². The third-order valence-electron chi connectivity index (χ3n) is 0.978. The van der Waals surface area contributed by atoms with Crippen LogP contribution in [0.15, 0.2) is 0 Å². The molecule has 2 N–H and O–H groups in total. The number of hydrogen-bond acceptors (Lipinski definition) is 2. The van der Waals surface area contributed by atoms with E-state index in [0.717, 1.165) is 4.67 Å². The third kappa shape index (κ3) is 2.75. The van der Waals surface area contributed by atoms with E-state index in [1.54, 1.807) is 6.92 Å². The van der Waals surface area contributed by atoms with E-state index in [4.69, 9.17) is 9.79 Å². The lowest BCUT2D eigenvalue weighted by atomic mass is 10.6. The Kier molecular flexibility index (Phi) is 3.45. The van der Waals surface area contributed by atoms with Crippen molar-refractivity contribution in [2.75, 3.05) is 6.54 Å². The summed E-state index contributed by atoms with van der Waals surface area (Å²) < 4.78 is 0.877. The summed E-state index contributed by atoms with van der Waals surface area (Å²) in [5.41, 5.74) is 0. The summed E-state index contributed by atoms with van der Waals surface area (Å²) in [6.07, 6.45) is 0. The summed E-state index contributed by atoms with van der Waals surface area (Å²) in [5, 5.41) is 0. The van der Waals surface area contributed by atoms with Crippen LogP contribution in [0.25, 0.3) is 0 Å². The van der Waals surface area contributed by atoms with Gasteiger partial charge in [-0.05, 0) is 18.7 Å². The van der Waals surface area contributed by atoms with Crippen LogP contribution >= 0.6 is 6.64 Å². The van der Waals surface area contributed by atoms with Crippen molar-refractivity contribution in [2.24, 2.45) is 0 Å². The highest BCUT2D eigenvalue weighted by Crippen LogP contribution is 2.39. The number of rotatable bonds is 2. The number of nitrogens with zero attached hydrogens (tertiary/aromatic N) is 1. The average Bonchev–Trinajstić information content (AvgIpc) is 1.60. The first-order valence-electron chi connectivity index (χ1n) is 2.73. The van der Waals surface area contributed by atoms with Crippen LogP contribution in [0, 0.1) is 0 Å². The Morgan fingerprint density at radius 2 is 2.10 bits per heavy atom. The molecule has 4 nitrogen and oxygen atoms in total. The van der Waals surface area contributed by atoms with E-state index in [1.807, 2.05) is 0 Å². The van der Waals surface area contributed by atoms with Gasteiger partial charge in [0.05, 0.1) is 0 Å². The Balaban J connectivity index is 4.38. The quantitative estimate of drug-likeness (QED) is 0.594. The van der Waals surface area contributed by atoms with Crippen molar-refractivity contribution in [2.45, 2.75) is 13.8 Å². The summed E-state index contributed by atoms with van der Waals surface area (Å²) in [6, 6.07) is 0. The fourth-order valence-corrected chi connectivity index (χ4v) is 2.02. The summed E-state index contributed by atoms with van der Waals surface area (Å²) in [5.74, 6) is -0.407. The van der Waals surface area contributed by atoms with Crippen LogP contribution in [-0.4, -0.2) is 26.9 Å². The Hall–Kier alpha value is 0.0400. The van der Waals surface area contributed by atoms with Crippen LogP contribution < -0.4 is 0 Å². The highest BCUT2D eigenvalue weighted by molar-refractivity contribution is 8.08. The molecule has 0 atom stereocenters. The Morgan fingerprint density at radius 3 is 2.10 bits per heavy atom. The monoisotopic (exact) mass is 183 g/mol. The van der Waals surface area contributed by atoms with Crippen LogP contribution in [0.4, 0.5) is 0 Å². The molecule has 0 spiro atoms. The van der Waals surface area contributed by atoms with E-state index >= 15 is 0 Å². The van der Waals surface area contributed by atoms with E-state index in [1.165, 1.54) is 6.92 Å². The molecule has 0 unspecified atom stereocenters. The lowest BCUT2D eigenvalue weighted by molar-refractivity contribution is -0.124. The smallest absolute Gasteiger partial charge is 0.287 e. The minimum Gasteiger partial charge on any atom is -0.329 e. The van der Waals surface area contributed by atoms with Gasteiger partial charge in [0.1, 0.15) is 0 Å². The second kappa shape index (κ2) is 3.44. The van der Waals surface area contributed by atoms with Crippen molar-refractivity contribution < 1.29 is 14.6 Å². The van der Waals surface area contributed by atoms with Crippen molar-refractivity contribution in [3.63, 3.8) is 0 Å². The molecular formula is C4H10NO3PS. The first-order valence-corrected chi connectivity index (χ1v) is 5.39. The second-order valence-electron chi connectivity index (χ2n) is 1.75. The summed E-state index contributed by atoms with van der Waals surface area (Å²) in [6.45, 7) is -0.398. The standard InChI is InChI=1S/C4H10NO3PS/c1-3-5(4(2)6)9(7,8)10/h3H2,1-2H3,(H2,7,8,10). The van der Waals surface area contributed by atoms with Gasteiger partial charge in [0.25, 0.3) is 6.64 Å². The van der Waals surface area contributed by atoms with Crippen molar-refractivity contribution in [3.8, 4) is 0 Å². The largest absolute Gasteiger partial charge is 0.329 e. The molecule has 0 aliphatic rings. The first kappa shape index (κ1) is 10.0. The highest BCUT2D eigenvalue weighted by Gasteiger charge is 2.20. The second-order valence-corrected chi connectivity index (χ2v) is 4.73. The molecule has 0 radical (unpaired) electrons. The molecule has 10 heavy (non-hydrogen) atoms. The van der Waals surface area contributed by atoms with Gasteiger partial charge in [-0.2, -0.15) is 0 Å². The molecule has 0 aromatic rings. The molecule has 60 valence electrons. The zero-order chi connectivity index (χ0) is 8.36. The van der Waals surface area contributed by atoms with Crippen molar-refractivity contribution in [1.82, 2.24) is 4.67 Å². The summed E-state index contributed by atoms with van der Waals surface area (Å²) in [4.78, 5) is 28.3. The van der Waals surface area contributed by atoms with E-state index < -0.39 is 12.5 Å². The van der Waals surface area contributed by atoms with Crippen molar-refractivity contribution in [3.05, 3.63) is 0 Å². The SMILES string of the molecule is CCN(C(C)=O)P(O)(O)=S. The highest BCUT2D eigenvalue weighted by atomic mass is 32.5. The van der Waals surface area contributed by atoms with Crippen molar-refractivity contribution >= 4 is 24.4 Å². The maximum Gasteiger partial charge on any atom is 0.287 e. The Bertz CT molecular complexity index is 177. The molecule has 0 aliphatic carbocycles. The first-order chi connectivity index (χ1) is 4.39. The molecule has 1 amide bonds. The summed E-state index contributed by atoms with van der Waals surface area (Å²) >= 11 is 4.31. The van der Waals surface area contributed by atoms with E-state index in [0.29, 0.717) is 0 Å². The van der Waals surface area contributed by atoms with E-state index in [-0.39, 0.29) is 6.54 Å². The van der Waals surface area contributed by atoms with Crippen molar-refractivity contribution in [1.29, 1.82) is 0 Å². The molecule has 0 aromatic carbocycles. The molecule has 0 saturated heterocycles. The number of carbonyl (C=O) groups is 1. The van der Waals surface area contributed by atoms with Crippen LogP contribution in [0.1, 0.15) is 13.8 Å². The topological polar surface area (TPSA) is 60.8 Å². The predicted molar refractivity (Wildman–Crippen MR) is 41.8 cm³/mol. The number of hydrogen-bond donors (Lipinski definition) is 2. The average molecular weight is 183 g/mol. The zero-order valence-electron chi connectivity index (χ0n) is 5.81. The van der Waals surface area contributed by atoms with Gasteiger partial charge in [0.2, 0.25) is 5.91 Å². The molecule has 0 bridgehead atoms. The van der Waals surface area contributed by atoms with Gasteiger partial charge in [0, 0.05) is 13.5 Å². The van der Waals surface area contributed by atoms with Crippen LogP contribution in [0.5, 0.6) is 0 Å². The Morgan fingerprint density at radius 1 is 1.70 bits per heavy atom. The number of amides is 1. The maximum atomic E-state index is 10.6. The molecule has 0 aromatic heterocycles. The molecule has 6 heteroatoms. The fourth-order valence-electron chi connectivity index (χ4n) is 0.590. The summed E-state index contributed by atoms with van der Waals surface area (Å²) in [7, 11) is 0. The molecule has 0 aliphatic heterocycles. The minimum absolute atomic E-state index is 0.236. The normalized spacial score (nSPS) is 11.2. The molecule has 0 heterocycles. The number of carbonyl (C=O) groups excluding carboxylic acids is 1. The van der Waals surface area contributed by atoms with Gasteiger partial charge in [0.15, 0.2) is 0 Å². The molecule has 0 saturated carbocycles. The lowest BCUT2D eigenvalue weighted by Crippen LogP contribution is -2.24. The molecule has 0 rings (SSSR count). The lowest BCUT2D eigenvalue weighted by Gasteiger charge is -2.22. The van der Waals surface area contributed by atoms with E-state index in [2.05, 4.69) is 11.8 Å². The van der Waals surface area contributed by atoms with Gasteiger partial charge < -0.3 is 9.79 Å². The predicted octanol–water partition coefficient (Wildman–Crippen LogP) is 0.0639. The van der Waals surface area contributed by atoms with E-state index in [9.17, 15) is 4.79 Å². The van der Waals surface area contributed by atoms with Gasteiger partial charge in [-0.15, -0.1) is 0 Å². The molecular weight excluding hydrogens is 173 g/mol. The Labute approximate surface area is 64.7 Å². The van der Waals surface area contributed by atoms with Crippen LogP contribution in [0.2, 0.25) is 0 Å². The minimum atomic E-state index is -3.51. The maximum absolute atomic E-state index is 10.6. The molecule has 0 fully saturated rings. The van der Waals surface area contributed by atoms with Gasteiger partial charge in [-0.25, -0.2) is 0 Å². The van der Waals surface area contributed by atoms with Gasteiger partial charge >= 0.3 is 0 Å². The fraction of sp³-hybridized carbons (Fsp3) is 0.750. The zero-order valence-corrected chi connectivity index (χ0v) is 7.52.